The molecule has 0 atom stereocenters. The number of thiophene rings is 1. The lowest BCUT2D eigenvalue weighted by atomic mass is 9.98. The van der Waals surface area contributed by atoms with Gasteiger partial charge in [0, 0.05) is 36.6 Å². The van der Waals surface area contributed by atoms with E-state index in [9.17, 15) is 13.2 Å². The molecule has 34 heavy (non-hydrogen) atoms. The maximum atomic E-state index is 13.1. The van der Waals surface area contributed by atoms with E-state index in [-0.39, 0.29) is 11.7 Å². The molecule has 0 radical (unpaired) electrons. The molecule has 0 N–H and O–H groups in total. The van der Waals surface area contributed by atoms with Crippen molar-refractivity contribution in [1.29, 1.82) is 0 Å². The fourth-order valence-corrected chi connectivity index (χ4v) is 5.74. The Balaban J connectivity index is 2.04. The zero-order valence-electron chi connectivity index (χ0n) is 19.6. The Labute approximate surface area is 209 Å². The van der Waals surface area contributed by atoms with Crippen LogP contribution in [0, 0.1) is 6.92 Å². The second kappa shape index (κ2) is 10.7. The minimum atomic E-state index is -3.65. The summed E-state index contributed by atoms with van der Waals surface area (Å²) >= 11 is 7.43. The molecule has 0 aliphatic rings. The Morgan fingerprint density at radius 3 is 2.21 bits per heavy atom. The summed E-state index contributed by atoms with van der Waals surface area (Å²) in [7, 11) is 2.76. The van der Waals surface area contributed by atoms with Crippen LogP contribution in [0.4, 0.5) is 0 Å². The Kier molecular flexibility index (Phi) is 8.14. The number of hydroxylamine groups is 2. The molecule has 1 aromatic heterocycles. The van der Waals surface area contributed by atoms with E-state index in [2.05, 4.69) is 4.40 Å². The number of benzene rings is 2. The van der Waals surface area contributed by atoms with Crippen LogP contribution in [0.1, 0.15) is 20.8 Å². The van der Waals surface area contributed by atoms with E-state index in [0.717, 1.165) is 27.1 Å². The first-order valence-corrected chi connectivity index (χ1v) is 13.1. The van der Waals surface area contributed by atoms with Gasteiger partial charge >= 0.3 is 0 Å². The van der Waals surface area contributed by atoms with E-state index in [0.29, 0.717) is 15.5 Å². The smallest absolute Gasteiger partial charge is 0.287 e. The monoisotopic (exact) mass is 519 g/mol. The van der Waals surface area contributed by atoms with Gasteiger partial charge in [-0.15, -0.1) is 11.3 Å². The van der Waals surface area contributed by atoms with Crippen LogP contribution in [0.2, 0.25) is 5.02 Å². The molecule has 0 fully saturated rings. The van der Waals surface area contributed by atoms with Gasteiger partial charge in [0.2, 0.25) is 0 Å². The van der Waals surface area contributed by atoms with Gasteiger partial charge in [0.05, 0.1) is 12.9 Å². The summed E-state index contributed by atoms with van der Waals surface area (Å²) in [5.41, 5.74) is 4.08. The first kappa shape index (κ1) is 25.9. The van der Waals surface area contributed by atoms with Gasteiger partial charge in [0.25, 0.3) is 15.9 Å². The van der Waals surface area contributed by atoms with Crippen molar-refractivity contribution in [2.45, 2.75) is 12.7 Å². The molecule has 3 rings (SSSR count). The van der Waals surface area contributed by atoms with Gasteiger partial charge in [-0.05, 0) is 41.3 Å². The number of carbonyl (C=O) groups is 1. The van der Waals surface area contributed by atoms with Crippen molar-refractivity contribution in [1.82, 2.24) is 9.96 Å². The number of hydrogen-bond acceptors (Lipinski definition) is 5. The number of nitrogens with zero attached hydrogens (tertiary/aromatic N) is 3. The molecule has 0 aliphatic heterocycles. The van der Waals surface area contributed by atoms with Crippen LogP contribution in [-0.2, 0) is 20.6 Å². The highest BCUT2D eigenvalue weighted by atomic mass is 35.5. The lowest BCUT2D eigenvalue weighted by Gasteiger charge is -2.14. The molecule has 0 unspecified atom stereocenters. The summed E-state index contributed by atoms with van der Waals surface area (Å²) in [5.74, 6) is -0.482. The lowest BCUT2D eigenvalue weighted by Crippen LogP contribution is -2.25. The predicted octanol–water partition coefficient (Wildman–Crippen LogP) is 5.10. The van der Waals surface area contributed by atoms with Gasteiger partial charge in [-0.1, -0.05) is 48.0 Å². The molecule has 0 saturated carbocycles. The minimum Gasteiger partial charge on any atom is -0.368 e. The van der Waals surface area contributed by atoms with Crippen LogP contribution in [0.15, 0.2) is 52.9 Å². The average Bonchev–Trinajstić information content (AvgIpc) is 3.14. The van der Waals surface area contributed by atoms with Gasteiger partial charge in [0.15, 0.2) is 0 Å². The van der Waals surface area contributed by atoms with Crippen molar-refractivity contribution in [3.8, 4) is 21.6 Å². The summed E-state index contributed by atoms with van der Waals surface area (Å²) < 4.78 is 28.2. The maximum Gasteiger partial charge on any atom is 0.287 e. The summed E-state index contributed by atoms with van der Waals surface area (Å²) in [6.45, 7) is 1.97. The van der Waals surface area contributed by atoms with Crippen LogP contribution >= 0.6 is 22.9 Å². The van der Waals surface area contributed by atoms with Gasteiger partial charge in [-0.3, -0.25) is 9.63 Å². The van der Waals surface area contributed by atoms with E-state index in [1.807, 2.05) is 43.3 Å². The average molecular weight is 520 g/mol. The van der Waals surface area contributed by atoms with Crippen molar-refractivity contribution in [3.63, 3.8) is 0 Å². The molecule has 1 heterocycles. The normalized spacial score (nSPS) is 11.7. The third-order valence-electron chi connectivity index (χ3n) is 5.04. The number of rotatable bonds is 8. The fourth-order valence-electron chi connectivity index (χ4n) is 3.30. The van der Waals surface area contributed by atoms with Gasteiger partial charge in [-0.2, -0.15) is 4.40 Å². The highest BCUT2D eigenvalue weighted by Gasteiger charge is 2.25. The molecular formula is C24H26ClN3O4S2. The van der Waals surface area contributed by atoms with Gasteiger partial charge in [-0.25, -0.2) is 13.5 Å². The maximum absolute atomic E-state index is 13.1. The molecular weight excluding hydrogens is 494 g/mol. The highest BCUT2D eigenvalue weighted by molar-refractivity contribution is 7.89. The Bertz CT molecular complexity index is 1300. The predicted molar refractivity (Wildman–Crippen MR) is 139 cm³/mol. The van der Waals surface area contributed by atoms with E-state index in [1.54, 1.807) is 38.2 Å². The number of sulfonamides is 1. The zero-order chi connectivity index (χ0) is 25.0. The molecule has 2 aromatic carbocycles. The summed E-state index contributed by atoms with van der Waals surface area (Å²) in [6, 6.07) is 14.6. The van der Waals surface area contributed by atoms with Crippen molar-refractivity contribution in [3.05, 3.63) is 69.6 Å². The molecule has 10 heteroatoms. The van der Waals surface area contributed by atoms with Crippen LogP contribution in [0.25, 0.3) is 21.6 Å². The van der Waals surface area contributed by atoms with Crippen LogP contribution in [-0.4, -0.2) is 58.9 Å². The molecule has 7 nitrogen and oxygen atoms in total. The van der Waals surface area contributed by atoms with Crippen molar-refractivity contribution < 1.29 is 18.0 Å². The first-order valence-electron chi connectivity index (χ1n) is 10.3. The van der Waals surface area contributed by atoms with Crippen LogP contribution in [0.5, 0.6) is 0 Å². The largest absolute Gasteiger partial charge is 0.368 e. The number of hydrogen-bond donors (Lipinski definition) is 0. The van der Waals surface area contributed by atoms with E-state index in [4.69, 9.17) is 16.4 Å². The van der Waals surface area contributed by atoms with Crippen molar-refractivity contribution in [2.75, 3.05) is 28.3 Å². The number of amides is 1. The third-order valence-corrected chi connectivity index (χ3v) is 7.73. The minimum absolute atomic E-state index is 0.214. The molecule has 3 aromatic rings. The topological polar surface area (TPSA) is 79.3 Å². The molecule has 1 amide bonds. The van der Waals surface area contributed by atoms with E-state index in [1.165, 1.54) is 29.8 Å². The van der Waals surface area contributed by atoms with Gasteiger partial charge < -0.3 is 4.90 Å². The van der Waals surface area contributed by atoms with Crippen molar-refractivity contribution >= 4 is 45.2 Å². The summed E-state index contributed by atoms with van der Waals surface area (Å²) in [4.78, 5) is 21.3. The van der Waals surface area contributed by atoms with E-state index >= 15 is 0 Å². The van der Waals surface area contributed by atoms with Crippen LogP contribution < -0.4 is 0 Å². The molecule has 0 bridgehead atoms. The fraction of sp³-hybridized carbons (Fsp3) is 0.250. The SMILES string of the molecule is CON(C)C(=O)c1sc(-c2ccc(Cl)cc2)c(C)c1-c1ccc(CS(=O)(=O)N=CN(C)C)cc1. The van der Waals surface area contributed by atoms with E-state index < -0.39 is 10.0 Å². The highest BCUT2D eigenvalue weighted by Crippen LogP contribution is 2.42. The second-order valence-corrected chi connectivity index (χ2v) is 11.0. The number of carbonyl (C=O) groups excluding carboxylic acids is 1. The zero-order valence-corrected chi connectivity index (χ0v) is 22.0. The Hall–Kier alpha value is -2.72. The molecule has 0 aliphatic carbocycles. The second-order valence-electron chi connectivity index (χ2n) is 7.86. The van der Waals surface area contributed by atoms with Crippen LogP contribution in [0.3, 0.4) is 0 Å². The third kappa shape index (κ3) is 6.04. The number of halogens is 1. The quantitative estimate of drug-likeness (QED) is 0.235. The summed E-state index contributed by atoms with van der Waals surface area (Å²) in [6.07, 6.45) is 1.26. The lowest BCUT2D eigenvalue weighted by molar-refractivity contribution is -0.0753. The standard InChI is InChI=1S/C24H26ClN3O4S2/c1-16-21(18-8-6-17(7-9-18)14-34(30,31)26-15-27(2)3)23(24(29)28(4)32-5)33-22(16)19-10-12-20(25)13-11-19/h6-13,15H,14H2,1-5H3. The summed E-state index contributed by atoms with van der Waals surface area (Å²) in [5, 5.41) is 1.82. The molecule has 0 spiro atoms. The van der Waals surface area contributed by atoms with Gasteiger partial charge in [0.1, 0.15) is 11.2 Å². The van der Waals surface area contributed by atoms with Crippen molar-refractivity contribution in [2.24, 2.45) is 4.40 Å². The molecule has 0 saturated heterocycles. The first-order chi connectivity index (χ1) is 16.0. The molecule has 180 valence electrons. The Morgan fingerprint density at radius 2 is 1.65 bits per heavy atom. The Morgan fingerprint density at radius 1 is 1.06 bits per heavy atom.